The van der Waals surface area contributed by atoms with Crippen LogP contribution in [0.4, 0.5) is 13.2 Å². The number of fused-ring (bicyclic) bond motifs is 1. The Morgan fingerprint density at radius 2 is 1.97 bits per heavy atom. The number of aliphatic hydroxyl groups is 2. The number of sulfonamides is 1. The second-order valence-electron chi connectivity index (χ2n) is 7.40. The molecule has 0 aliphatic carbocycles. The van der Waals surface area contributed by atoms with E-state index >= 15 is 0 Å². The fourth-order valence-electron chi connectivity index (χ4n) is 3.47. The van der Waals surface area contributed by atoms with Gasteiger partial charge in [-0.1, -0.05) is 0 Å². The summed E-state index contributed by atoms with van der Waals surface area (Å²) in [5.41, 5.74) is -3.13. The molecule has 0 saturated carbocycles. The minimum atomic E-state index is -4.77. The summed E-state index contributed by atoms with van der Waals surface area (Å²) < 4.78 is 76.2. The molecular weight excluding hydrogens is 469 g/mol. The first-order valence-electron chi connectivity index (χ1n) is 9.32. The minimum Gasteiger partial charge on any atom is -0.486 e. The van der Waals surface area contributed by atoms with Crippen LogP contribution >= 0.6 is 0 Å². The Morgan fingerprint density at radius 1 is 1.24 bits per heavy atom. The van der Waals surface area contributed by atoms with Crippen molar-refractivity contribution >= 4 is 21.1 Å². The molecule has 1 saturated heterocycles. The molecule has 4 rings (SSSR count). The van der Waals surface area contributed by atoms with Crippen LogP contribution in [-0.4, -0.2) is 64.7 Å². The number of halogens is 3. The third-order valence-corrected chi connectivity index (χ3v) is 7.11. The number of aliphatic hydroxyl groups excluding tert-OH is 1. The van der Waals surface area contributed by atoms with Crippen LogP contribution in [0.25, 0.3) is 11.0 Å². The second-order valence-corrected chi connectivity index (χ2v) is 9.31. The van der Waals surface area contributed by atoms with Crippen LogP contribution in [0, 0.1) is 11.3 Å². The largest absolute Gasteiger partial charge is 0.486 e. The predicted molar refractivity (Wildman–Crippen MR) is 103 cm³/mol. The number of nitrogens with zero attached hydrogens (tertiary/aromatic N) is 4. The fourth-order valence-corrected chi connectivity index (χ4v) is 5.09. The first-order valence-corrected chi connectivity index (χ1v) is 10.8. The van der Waals surface area contributed by atoms with Crippen molar-refractivity contribution in [3.63, 3.8) is 0 Å². The summed E-state index contributed by atoms with van der Waals surface area (Å²) in [7, 11) is -4.52. The average molecular weight is 484 g/mol. The summed E-state index contributed by atoms with van der Waals surface area (Å²) in [6.07, 6.45) is -6.01. The van der Waals surface area contributed by atoms with E-state index < -0.39 is 63.6 Å². The van der Waals surface area contributed by atoms with Gasteiger partial charge >= 0.3 is 6.18 Å². The van der Waals surface area contributed by atoms with Gasteiger partial charge in [-0.05, 0) is 40.6 Å². The SMILES string of the molecule is N#Cc1cc(C(F)(F)F)ccc1S(=O)(=O)N1CC(Oc2ccc3nonc3c2)[C@](O)(CO)C1. The molecule has 1 aliphatic heterocycles. The maximum atomic E-state index is 13.1. The van der Waals surface area contributed by atoms with Crippen LogP contribution < -0.4 is 4.74 Å². The molecule has 2 N–H and O–H groups in total. The Morgan fingerprint density at radius 3 is 2.64 bits per heavy atom. The number of hydrogen-bond acceptors (Lipinski definition) is 9. The lowest BCUT2D eigenvalue weighted by atomic mass is 10.0. The monoisotopic (exact) mass is 484 g/mol. The molecule has 2 atom stereocenters. The molecule has 1 fully saturated rings. The highest BCUT2D eigenvalue weighted by molar-refractivity contribution is 7.89. The van der Waals surface area contributed by atoms with Gasteiger partial charge in [0.05, 0.1) is 29.2 Å². The van der Waals surface area contributed by atoms with Crippen molar-refractivity contribution in [2.24, 2.45) is 0 Å². The molecule has 1 aliphatic rings. The normalized spacial score (nSPS) is 21.9. The van der Waals surface area contributed by atoms with Gasteiger partial charge < -0.3 is 14.9 Å². The van der Waals surface area contributed by atoms with Crippen LogP contribution in [0.3, 0.4) is 0 Å². The number of aromatic nitrogens is 2. The summed E-state index contributed by atoms with van der Waals surface area (Å²) in [5.74, 6) is 0.182. The van der Waals surface area contributed by atoms with Crippen LogP contribution in [0.2, 0.25) is 0 Å². The standard InChI is InChI=1S/C19H15F3N4O6S/c20-19(21,22)12-1-4-16(11(5-12)7-23)33(29,30)26-8-17(18(28,9-26)10-27)31-13-2-3-14-15(6-13)25-32-24-14/h1-6,17,27-28H,8-10H2/t17?,18-/m1/s1. The Bertz CT molecular complexity index is 1350. The van der Waals surface area contributed by atoms with Crippen LogP contribution in [0.5, 0.6) is 5.75 Å². The number of alkyl halides is 3. The zero-order valence-corrected chi connectivity index (χ0v) is 17.3. The van der Waals surface area contributed by atoms with Gasteiger partial charge in [-0.25, -0.2) is 13.0 Å². The lowest BCUT2D eigenvalue weighted by Crippen LogP contribution is -2.48. The molecule has 1 aromatic heterocycles. The van der Waals surface area contributed by atoms with Gasteiger partial charge in [-0.15, -0.1) is 0 Å². The van der Waals surface area contributed by atoms with E-state index in [2.05, 4.69) is 14.9 Å². The highest BCUT2D eigenvalue weighted by atomic mass is 32.2. The van der Waals surface area contributed by atoms with E-state index in [4.69, 9.17) is 4.74 Å². The zero-order valence-electron chi connectivity index (χ0n) is 16.5. The lowest BCUT2D eigenvalue weighted by molar-refractivity contribution is -0.137. The van der Waals surface area contributed by atoms with E-state index in [9.17, 15) is 37.1 Å². The van der Waals surface area contributed by atoms with Crippen molar-refractivity contribution in [2.75, 3.05) is 19.7 Å². The first kappa shape index (κ1) is 22.9. The molecule has 14 heteroatoms. The highest BCUT2D eigenvalue weighted by Gasteiger charge is 2.51. The molecule has 0 bridgehead atoms. The Kier molecular flexibility index (Phi) is 5.53. The molecule has 1 unspecified atom stereocenters. The van der Waals surface area contributed by atoms with E-state index in [-0.39, 0.29) is 5.75 Å². The summed E-state index contributed by atoms with van der Waals surface area (Å²) in [5, 5.41) is 37.1. The number of benzene rings is 2. The van der Waals surface area contributed by atoms with Gasteiger partial charge in [0.15, 0.2) is 0 Å². The third kappa shape index (κ3) is 4.11. The van der Waals surface area contributed by atoms with Gasteiger partial charge in [0.2, 0.25) is 10.0 Å². The van der Waals surface area contributed by atoms with Crippen molar-refractivity contribution in [3.8, 4) is 11.8 Å². The smallest absolute Gasteiger partial charge is 0.416 e. The quantitative estimate of drug-likeness (QED) is 0.546. The molecule has 10 nitrogen and oxygen atoms in total. The number of ether oxygens (including phenoxy) is 1. The van der Waals surface area contributed by atoms with Crippen molar-refractivity contribution in [1.82, 2.24) is 14.6 Å². The molecule has 0 radical (unpaired) electrons. The number of β-amino-alcohol motifs (C(OH)–C–C–N with tert-alkyl or cyclic N) is 1. The number of nitriles is 1. The molecule has 0 spiro atoms. The Balaban J connectivity index is 1.64. The third-order valence-electron chi connectivity index (χ3n) is 5.24. The Hall–Kier alpha value is -3.25. The van der Waals surface area contributed by atoms with Gasteiger partial charge in [0.25, 0.3) is 0 Å². The maximum Gasteiger partial charge on any atom is 0.416 e. The van der Waals surface area contributed by atoms with E-state index in [1.54, 1.807) is 0 Å². The topological polar surface area (TPSA) is 150 Å². The van der Waals surface area contributed by atoms with E-state index in [0.29, 0.717) is 29.2 Å². The molecule has 2 aromatic carbocycles. The zero-order chi connectivity index (χ0) is 24.0. The Labute approximate surface area is 184 Å². The second kappa shape index (κ2) is 7.96. The molecule has 33 heavy (non-hydrogen) atoms. The number of hydrogen-bond donors (Lipinski definition) is 2. The average Bonchev–Trinajstić information content (AvgIpc) is 3.37. The summed E-state index contributed by atoms with van der Waals surface area (Å²) >= 11 is 0. The van der Waals surface area contributed by atoms with E-state index in [0.717, 1.165) is 4.31 Å². The van der Waals surface area contributed by atoms with E-state index in [1.165, 1.54) is 24.3 Å². The molecule has 2 heterocycles. The van der Waals surface area contributed by atoms with Crippen molar-refractivity contribution in [2.45, 2.75) is 22.8 Å². The number of rotatable bonds is 5. The van der Waals surface area contributed by atoms with Crippen LogP contribution in [0.1, 0.15) is 11.1 Å². The van der Waals surface area contributed by atoms with Gasteiger partial charge in [-0.2, -0.15) is 22.7 Å². The maximum absolute atomic E-state index is 13.1. The van der Waals surface area contributed by atoms with Gasteiger partial charge in [0, 0.05) is 12.6 Å². The molecule has 0 amide bonds. The molecule has 174 valence electrons. The van der Waals surface area contributed by atoms with Crippen molar-refractivity contribution in [1.29, 1.82) is 5.26 Å². The fraction of sp³-hybridized carbons (Fsp3) is 0.316. The van der Waals surface area contributed by atoms with Crippen LogP contribution in [-0.2, 0) is 16.2 Å². The van der Waals surface area contributed by atoms with Crippen molar-refractivity contribution in [3.05, 3.63) is 47.5 Å². The highest BCUT2D eigenvalue weighted by Crippen LogP contribution is 2.35. The minimum absolute atomic E-state index is 0.182. The van der Waals surface area contributed by atoms with Gasteiger partial charge in [-0.3, -0.25) is 0 Å². The summed E-state index contributed by atoms with van der Waals surface area (Å²) in [6.45, 7) is -1.92. The first-order chi connectivity index (χ1) is 15.5. The van der Waals surface area contributed by atoms with Crippen molar-refractivity contribution < 1.29 is 41.2 Å². The lowest BCUT2D eigenvalue weighted by Gasteiger charge is -2.27. The molecular formula is C19H15F3N4O6S. The summed E-state index contributed by atoms with van der Waals surface area (Å²) in [6, 6.07) is 7.58. The summed E-state index contributed by atoms with van der Waals surface area (Å²) in [4.78, 5) is -0.658. The van der Waals surface area contributed by atoms with E-state index in [1.807, 2.05) is 0 Å². The van der Waals surface area contributed by atoms with Crippen LogP contribution in [0.15, 0.2) is 45.9 Å². The molecule has 3 aromatic rings. The predicted octanol–water partition coefficient (Wildman–Crippen LogP) is 1.29. The van der Waals surface area contributed by atoms with Gasteiger partial charge in [0.1, 0.15) is 34.6 Å².